The van der Waals surface area contributed by atoms with Crippen molar-refractivity contribution in [3.63, 3.8) is 0 Å². The zero-order valence-corrected chi connectivity index (χ0v) is 55.8. The van der Waals surface area contributed by atoms with Crippen LogP contribution in [0.1, 0.15) is 5.56 Å². The van der Waals surface area contributed by atoms with Gasteiger partial charge in [-0.05, 0) is 198 Å². The van der Waals surface area contributed by atoms with E-state index >= 15 is 0 Å². The van der Waals surface area contributed by atoms with E-state index in [0.717, 1.165) is 14.5 Å². The molecule has 18 rings (SSSR count). The first-order valence-electron chi connectivity index (χ1n) is 32.6. The number of fused-ring (bicyclic) bond motifs is 8. The maximum Gasteiger partial charge on any atom is 0.0332 e. The highest BCUT2D eigenvalue weighted by Crippen LogP contribution is 2.50. The van der Waals surface area contributed by atoms with Gasteiger partial charge in [0, 0.05) is 8.95 Å². The number of halogens is 2. The summed E-state index contributed by atoms with van der Waals surface area (Å²) in [5.74, 6) is 0. The molecule has 0 aliphatic heterocycles. The van der Waals surface area contributed by atoms with Gasteiger partial charge in [0.1, 0.15) is 0 Å². The fraction of sp³-hybridized carbons (Fsp3) is 0. The van der Waals surface area contributed by atoms with Crippen molar-refractivity contribution < 1.29 is 0 Å². The highest BCUT2D eigenvalue weighted by Gasteiger charge is 2.23. The van der Waals surface area contributed by atoms with Crippen LogP contribution in [0.4, 0.5) is 0 Å². The third-order valence-corrected chi connectivity index (χ3v) is 20.3. The Kier molecular flexibility index (Phi) is 16.3. The van der Waals surface area contributed by atoms with Crippen LogP contribution in [0.15, 0.2) is 373 Å². The molecule has 0 saturated carbocycles. The maximum absolute atomic E-state index is 3.93. The SMILES string of the molecule is Brc1c2ccccc2c(-c2c3ccccc3c(-c3ccccc3)c3ccccc23)c2ccccc12.Brc1ccc(-c2c3ccccc3c(-c3ccccc3)c3ccccc23)cc1.C=Cc1ccc(-c2ccc(-c3c4ccccc4c(-c4ccccc4)c4ccccc34)cc2)cc1. The van der Waals surface area contributed by atoms with E-state index in [4.69, 9.17) is 0 Å². The molecular formula is C94H62Br2. The molecule has 96 heavy (non-hydrogen) atoms. The van der Waals surface area contributed by atoms with Gasteiger partial charge in [-0.1, -0.05) is 374 Å². The van der Waals surface area contributed by atoms with Crippen molar-refractivity contribution in [3.05, 3.63) is 379 Å². The molecule has 0 nitrogen and oxygen atoms in total. The Hall–Kier alpha value is -11.3. The summed E-state index contributed by atoms with van der Waals surface area (Å²) in [6, 6.07) is 129. The molecular weight excluding hydrogens is 1290 g/mol. The quantitative estimate of drug-likeness (QED) is 0.133. The van der Waals surface area contributed by atoms with E-state index in [1.54, 1.807) is 0 Å². The number of benzene rings is 18. The van der Waals surface area contributed by atoms with Crippen molar-refractivity contribution in [2.75, 3.05) is 0 Å². The average molecular weight is 1350 g/mol. The minimum Gasteiger partial charge on any atom is -0.0985 e. The third-order valence-electron chi connectivity index (χ3n) is 18.9. The molecule has 0 amide bonds. The molecule has 0 saturated heterocycles. The zero-order valence-electron chi connectivity index (χ0n) is 52.6. The molecule has 0 aromatic heterocycles. The minimum atomic E-state index is 1.10. The van der Waals surface area contributed by atoms with Gasteiger partial charge in [0.2, 0.25) is 0 Å². The van der Waals surface area contributed by atoms with Crippen molar-refractivity contribution in [2.24, 2.45) is 0 Å². The van der Waals surface area contributed by atoms with E-state index in [9.17, 15) is 0 Å². The van der Waals surface area contributed by atoms with E-state index in [0.29, 0.717) is 0 Å². The van der Waals surface area contributed by atoms with Gasteiger partial charge in [-0.2, -0.15) is 0 Å². The van der Waals surface area contributed by atoms with E-state index in [2.05, 4.69) is 396 Å². The predicted molar refractivity (Wildman–Crippen MR) is 423 cm³/mol. The highest BCUT2D eigenvalue weighted by molar-refractivity contribution is 9.11. The van der Waals surface area contributed by atoms with Gasteiger partial charge in [0.05, 0.1) is 0 Å². The lowest BCUT2D eigenvalue weighted by atomic mass is 9.83. The fourth-order valence-electron chi connectivity index (χ4n) is 14.6. The fourth-order valence-corrected chi connectivity index (χ4v) is 15.6. The van der Waals surface area contributed by atoms with Crippen LogP contribution in [0.25, 0.3) is 170 Å². The normalized spacial score (nSPS) is 11.3. The Labute approximate surface area is 576 Å². The summed E-state index contributed by atoms with van der Waals surface area (Å²) in [5, 5.41) is 20.4. The van der Waals surface area contributed by atoms with E-state index in [-0.39, 0.29) is 0 Å². The summed E-state index contributed by atoms with van der Waals surface area (Å²) in [5.41, 5.74) is 18.9. The first-order chi connectivity index (χ1) is 47.5. The molecule has 452 valence electrons. The summed E-state index contributed by atoms with van der Waals surface area (Å²) in [6.07, 6.45) is 1.88. The Bertz CT molecular complexity index is 5710. The maximum atomic E-state index is 3.93. The summed E-state index contributed by atoms with van der Waals surface area (Å²) < 4.78 is 2.25. The zero-order chi connectivity index (χ0) is 64.5. The molecule has 0 unspecified atom stereocenters. The first kappa shape index (κ1) is 59.7. The van der Waals surface area contributed by atoms with Gasteiger partial charge in [-0.25, -0.2) is 0 Å². The van der Waals surface area contributed by atoms with Crippen LogP contribution in [0, 0.1) is 0 Å². The molecule has 0 bridgehead atoms. The first-order valence-corrected chi connectivity index (χ1v) is 34.2. The minimum absolute atomic E-state index is 1.10. The molecule has 0 radical (unpaired) electrons. The van der Waals surface area contributed by atoms with Crippen LogP contribution >= 0.6 is 31.9 Å². The molecule has 0 fully saturated rings. The van der Waals surface area contributed by atoms with Gasteiger partial charge in [-0.15, -0.1) is 0 Å². The predicted octanol–water partition coefficient (Wildman–Crippen LogP) is 28.1. The molecule has 0 aliphatic carbocycles. The van der Waals surface area contributed by atoms with Crippen LogP contribution in [0.3, 0.4) is 0 Å². The second-order valence-electron chi connectivity index (χ2n) is 24.3. The van der Waals surface area contributed by atoms with E-state index in [1.165, 1.54) is 164 Å². The van der Waals surface area contributed by atoms with Crippen molar-refractivity contribution >= 4 is 124 Å². The Morgan fingerprint density at radius 3 is 0.594 bits per heavy atom. The van der Waals surface area contributed by atoms with Gasteiger partial charge < -0.3 is 0 Å². The van der Waals surface area contributed by atoms with Crippen molar-refractivity contribution in [1.82, 2.24) is 0 Å². The summed E-state index contributed by atoms with van der Waals surface area (Å²) in [4.78, 5) is 0. The summed E-state index contributed by atoms with van der Waals surface area (Å²) in [7, 11) is 0. The van der Waals surface area contributed by atoms with Gasteiger partial charge in [0.15, 0.2) is 0 Å². The second kappa shape index (κ2) is 26.3. The molecule has 2 heteroatoms. The smallest absolute Gasteiger partial charge is 0.0332 e. The van der Waals surface area contributed by atoms with Crippen molar-refractivity contribution in [1.29, 1.82) is 0 Å². The van der Waals surface area contributed by atoms with E-state index in [1.807, 2.05) is 6.08 Å². The summed E-state index contributed by atoms with van der Waals surface area (Å²) in [6.45, 7) is 3.85. The number of rotatable bonds is 8. The monoisotopic (exact) mass is 1350 g/mol. The molecule has 0 N–H and O–H groups in total. The topological polar surface area (TPSA) is 0 Å². The average Bonchev–Trinajstić information content (AvgIpc) is 0.731. The number of hydrogen-bond donors (Lipinski definition) is 0. The van der Waals surface area contributed by atoms with Gasteiger partial charge in [0.25, 0.3) is 0 Å². The molecule has 0 aliphatic rings. The summed E-state index contributed by atoms with van der Waals surface area (Å²) >= 11 is 7.49. The lowest BCUT2D eigenvalue weighted by molar-refractivity contribution is 1.59. The highest BCUT2D eigenvalue weighted by atomic mass is 79.9. The lowest BCUT2D eigenvalue weighted by Gasteiger charge is -2.21. The Morgan fingerprint density at radius 1 is 0.167 bits per heavy atom. The van der Waals surface area contributed by atoms with Crippen LogP contribution in [0.2, 0.25) is 0 Å². The molecule has 0 heterocycles. The molecule has 0 atom stereocenters. The van der Waals surface area contributed by atoms with Crippen LogP contribution in [-0.2, 0) is 0 Å². The largest absolute Gasteiger partial charge is 0.0985 e. The van der Waals surface area contributed by atoms with Crippen molar-refractivity contribution in [3.8, 4) is 77.9 Å². The van der Waals surface area contributed by atoms with Crippen LogP contribution < -0.4 is 0 Å². The number of hydrogen-bond acceptors (Lipinski definition) is 0. The molecule has 0 spiro atoms. The second-order valence-corrected chi connectivity index (χ2v) is 26.0. The van der Waals surface area contributed by atoms with Crippen LogP contribution in [-0.4, -0.2) is 0 Å². The lowest BCUT2D eigenvalue weighted by Crippen LogP contribution is -1.93. The molecule has 18 aromatic carbocycles. The third kappa shape index (κ3) is 10.9. The standard InChI is InChI=1S/C34H21Br.C34H24.C26H17Br/c35-34-29-20-10-8-18-27(29)33(28-19-9-11-21-30(28)34)32-25-16-6-4-14-23(25)31(22-12-2-1-3-13-22)24-15-5-7-17-26(24)32;1-2-24-16-18-25(19-17-24)26-20-22-28(23-21-26)34-31-14-8-6-12-29(31)33(27-10-4-3-5-11-27)30-13-7-9-15-32(30)34;27-20-16-14-19(15-17-20)26-23-12-6-4-10-21(23)25(18-8-2-1-3-9-18)22-11-5-7-13-24(22)26/h1-21H;2-23H,1H2;1-17H. The Balaban J connectivity index is 0.000000114. The van der Waals surface area contributed by atoms with E-state index < -0.39 is 0 Å². The molecule has 18 aromatic rings. The van der Waals surface area contributed by atoms with Crippen molar-refractivity contribution in [2.45, 2.75) is 0 Å². The van der Waals surface area contributed by atoms with Gasteiger partial charge in [-0.3, -0.25) is 0 Å². The Morgan fingerprint density at radius 2 is 0.344 bits per heavy atom. The van der Waals surface area contributed by atoms with Gasteiger partial charge >= 0.3 is 0 Å². The van der Waals surface area contributed by atoms with Crippen LogP contribution in [0.5, 0.6) is 0 Å².